The van der Waals surface area contributed by atoms with Gasteiger partial charge in [-0.25, -0.2) is 0 Å². The highest BCUT2D eigenvalue weighted by Gasteiger charge is 2.20. The van der Waals surface area contributed by atoms with Gasteiger partial charge in [0.05, 0.1) is 0 Å². The Morgan fingerprint density at radius 2 is 1.94 bits per heavy atom. The number of nitrogens with two attached hydrogens (primary N) is 1. The maximum Gasteiger partial charge on any atom is 0.141 e. The van der Waals surface area contributed by atoms with Crippen LogP contribution in [0, 0.1) is 25.7 Å². The number of hydrogen-bond donors (Lipinski definition) is 1. The average Bonchev–Trinajstić information content (AvgIpc) is 2.24. The largest absolute Gasteiger partial charge is 0.330 e. The number of rotatable bonds is 5. The Balaban J connectivity index is 2.83. The van der Waals surface area contributed by atoms with Crippen molar-refractivity contribution in [1.29, 1.82) is 0 Å². The number of hydrogen-bond acceptors (Lipinski definition) is 2. The monoisotopic (exact) mass is 233 g/mol. The molecule has 1 aromatic rings. The van der Waals surface area contributed by atoms with Gasteiger partial charge in [-0.3, -0.25) is 4.79 Å². The van der Waals surface area contributed by atoms with Gasteiger partial charge in [-0.05, 0) is 30.9 Å². The molecule has 0 aromatic heterocycles. The third-order valence-electron chi connectivity index (χ3n) is 3.34. The summed E-state index contributed by atoms with van der Waals surface area (Å²) in [6.07, 6.45) is 0.507. The third kappa shape index (κ3) is 3.67. The lowest BCUT2D eigenvalue weighted by Gasteiger charge is -2.18. The average molecular weight is 233 g/mol. The second-order valence-electron chi connectivity index (χ2n) is 5.16. The number of ketones is 1. The van der Waals surface area contributed by atoms with Gasteiger partial charge < -0.3 is 5.73 Å². The van der Waals surface area contributed by atoms with Crippen molar-refractivity contribution in [2.75, 3.05) is 6.54 Å². The molecule has 2 nitrogen and oxygen atoms in total. The topological polar surface area (TPSA) is 43.1 Å². The molecule has 0 aliphatic heterocycles. The molecule has 0 aliphatic carbocycles. The van der Waals surface area contributed by atoms with Gasteiger partial charge in [0, 0.05) is 18.9 Å². The van der Waals surface area contributed by atoms with Crippen LogP contribution in [0.4, 0.5) is 0 Å². The molecule has 94 valence electrons. The van der Waals surface area contributed by atoms with Crippen molar-refractivity contribution in [3.05, 3.63) is 34.9 Å². The van der Waals surface area contributed by atoms with Crippen molar-refractivity contribution in [2.45, 2.75) is 34.1 Å². The first-order valence-corrected chi connectivity index (χ1v) is 6.24. The molecule has 0 amide bonds. The molecule has 0 aliphatic rings. The van der Waals surface area contributed by atoms with Crippen LogP contribution in [0.3, 0.4) is 0 Å². The minimum Gasteiger partial charge on any atom is -0.330 e. The SMILES string of the molecule is Cc1ccc(C)c(CC(=O)C(CN)C(C)C)c1. The summed E-state index contributed by atoms with van der Waals surface area (Å²) >= 11 is 0. The molecule has 2 heteroatoms. The van der Waals surface area contributed by atoms with E-state index in [-0.39, 0.29) is 11.7 Å². The molecule has 0 fully saturated rings. The number of benzene rings is 1. The zero-order valence-electron chi connectivity index (χ0n) is 11.3. The summed E-state index contributed by atoms with van der Waals surface area (Å²) in [4.78, 5) is 12.2. The van der Waals surface area contributed by atoms with Gasteiger partial charge in [-0.2, -0.15) is 0 Å². The fraction of sp³-hybridized carbons (Fsp3) is 0.533. The fourth-order valence-electron chi connectivity index (χ4n) is 2.08. The van der Waals surface area contributed by atoms with E-state index >= 15 is 0 Å². The Bertz CT molecular complexity index is 396. The van der Waals surface area contributed by atoms with Gasteiger partial charge in [0.2, 0.25) is 0 Å². The van der Waals surface area contributed by atoms with E-state index < -0.39 is 0 Å². The summed E-state index contributed by atoms with van der Waals surface area (Å²) < 4.78 is 0. The van der Waals surface area contributed by atoms with Gasteiger partial charge in [-0.1, -0.05) is 37.6 Å². The second kappa shape index (κ2) is 5.97. The molecule has 2 N–H and O–H groups in total. The van der Waals surface area contributed by atoms with Crippen LogP contribution in [-0.2, 0) is 11.2 Å². The van der Waals surface area contributed by atoms with E-state index in [9.17, 15) is 4.79 Å². The summed E-state index contributed by atoms with van der Waals surface area (Å²) in [6, 6.07) is 6.25. The van der Waals surface area contributed by atoms with E-state index in [0.717, 1.165) is 5.56 Å². The number of carbonyl (C=O) groups excluding carboxylic acids is 1. The molecule has 17 heavy (non-hydrogen) atoms. The molecule has 0 spiro atoms. The first-order chi connectivity index (χ1) is 7.95. The highest BCUT2D eigenvalue weighted by Crippen LogP contribution is 2.17. The number of aryl methyl sites for hydroxylation is 2. The van der Waals surface area contributed by atoms with E-state index in [1.807, 2.05) is 0 Å². The smallest absolute Gasteiger partial charge is 0.141 e. The molecule has 0 bridgehead atoms. The van der Waals surface area contributed by atoms with Crippen LogP contribution in [0.1, 0.15) is 30.5 Å². The van der Waals surface area contributed by atoms with Gasteiger partial charge in [0.1, 0.15) is 5.78 Å². The third-order valence-corrected chi connectivity index (χ3v) is 3.34. The van der Waals surface area contributed by atoms with Crippen molar-refractivity contribution in [1.82, 2.24) is 0 Å². The zero-order valence-corrected chi connectivity index (χ0v) is 11.3. The molecular formula is C15H23NO. The van der Waals surface area contributed by atoms with E-state index in [2.05, 4.69) is 45.9 Å². The standard InChI is InChI=1S/C15H23NO/c1-10(2)14(9-16)15(17)8-13-7-11(3)5-6-12(13)4/h5-7,10,14H,8-9,16H2,1-4H3. The van der Waals surface area contributed by atoms with Crippen LogP contribution >= 0.6 is 0 Å². The molecule has 1 aromatic carbocycles. The quantitative estimate of drug-likeness (QED) is 0.849. The minimum atomic E-state index is -0.0186. The molecule has 1 atom stereocenters. The fourth-order valence-corrected chi connectivity index (χ4v) is 2.08. The van der Waals surface area contributed by atoms with E-state index in [1.54, 1.807) is 0 Å². The summed E-state index contributed by atoms with van der Waals surface area (Å²) in [5.41, 5.74) is 9.19. The predicted molar refractivity (Wildman–Crippen MR) is 72.0 cm³/mol. The maximum atomic E-state index is 12.2. The highest BCUT2D eigenvalue weighted by molar-refractivity contribution is 5.84. The zero-order chi connectivity index (χ0) is 13.0. The minimum absolute atomic E-state index is 0.0186. The molecule has 0 heterocycles. The van der Waals surface area contributed by atoms with Crippen molar-refractivity contribution in [3.63, 3.8) is 0 Å². The van der Waals surface area contributed by atoms with Crippen molar-refractivity contribution in [3.8, 4) is 0 Å². The molecular weight excluding hydrogens is 210 g/mol. The van der Waals surface area contributed by atoms with E-state index in [4.69, 9.17) is 5.73 Å². The summed E-state index contributed by atoms with van der Waals surface area (Å²) in [5, 5.41) is 0. The Labute approximate surface area is 104 Å². The Kier molecular flexibility index (Phi) is 4.88. The van der Waals surface area contributed by atoms with Gasteiger partial charge in [0.25, 0.3) is 0 Å². The summed E-state index contributed by atoms with van der Waals surface area (Å²) in [7, 11) is 0. The predicted octanol–water partition coefficient (Wildman–Crippen LogP) is 2.65. The lowest BCUT2D eigenvalue weighted by molar-refractivity contribution is -0.123. The van der Waals surface area contributed by atoms with Gasteiger partial charge in [-0.15, -0.1) is 0 Å². The molecule has 1 unspecified atom stereocenters. The van der Waals surface area contributed by atoms with Crippen molar-refractivity contribution in [2.24, 2.45) is 17.6 Å². The lowest BCUT2D eigenvalue weighted by atomic mass is 9.87. The lowest BCUT2D eigenvalue weighted by Crippen LogP contribution is -2.29. The normalized spacial score (nSPS) is 12.8. The number of Topliss-reactive ketones (excluding diaryl/α,β-unsaturated/α-hetero) is 1. The van der Waals surface area contributed by atoms with Crippen LogP contribution in [0.5, 0.6) is 0 Å². The van der Waals surface area contributed by atoms with Crippen LogP contribution < -0.4 is 5.73 Å². The van der Waals surface area contributed by atoms with Crippen LogP contribution in [0.2, 0.25) is 0 Å². The maximum absolute atomic E-state index is 12.2. The van der Waals surface area contributed by atoms with E-state index in [1.165, 1.54) is 11.1 Å². The highest BCUT2D eigenvalue weighted by atomic mass is 16.1. The van der Waals surface area contributed by atoms with Gasteiger partial charge >= 0.3 is 0 Å². The molecule has 0 radical (unpaired) electrons. The van der Waals surface area contributed by atoms with Crippen LogP contribution in [0.25, 0.3) is 0 Å². The first kappa shape index (κ1) is 13.9. The first-order valence-electron chi connectivity index (χ1n) is 6.24. The van der Waals surface area contributed by atoms with Crippen LogP contribution in [-0.4, -0.2) is 12.3 Å². The Morgan fingerprint density at radius 3 is 2.47 bits per heavy atom. The van der Waals surface area contributed by atoms with Crippen LogP contribution in [0.15, 0.2) is 18.2 Å². The Morgan fingerprint density at radius 1 is 1.29 bits per heavy atom. The second-order valence-corrected chi connectivity index (χ2v) is 5.16. The summed E-state index contributed by atoms with van der Waals surface area (Å²) in [6.45, 7) is 8.66. The Hall–Kier alpha value is -1.15. The number of carbonyl (C=O) groups is 1. The van der Waals surface area contributed by atoms with Gasteiger partial charge in [0.15, 0.2) is 0 Å². The summed E-state index contributed by atoms with van der Waals surface area (Å²) in [5.74, 6) is 0.559. The molecule has 0 saturated heterocycles. The molecule has 1 rings (SSSR count). The molecule has 0 saturated carbocycles. The van der Waals surface area contributed by atoms with E-state index in [0.29, 0.717) is 18.9 Å². The van der Waals surface area contributed by atoms with Crippen molar-refractivity contribution < 1.29 is 4.79 Å². The van der Waals surface area contributed by atoms with Crippen molar-refractivity contribution >= 4 is 5.78 Å².